The fraction of sp³-hybridized carbons (Fsp3) is 0.667. The lowest BCUT2D eigenvalue weighted by Crippen LogP contribution is -2.48. The number of Topliss-reactive ketones (excluding diaryl/α,β-unsaturated/α-hetero) is 2. The SMILES string of the molecule is CC[C@@H]1C[C@]1(CC(=O)[C@@H]1C[C@@H]2CN1C(=O)[C@H](C(C)(C)C)CC(=O)OCCCCCc1cc3c(nccc3cc1OC)O2)C(=O)CS(=O)(=O)C1CC1. The van der Waals surface area contributed by atoms with E-state index in [0.29, 0.717) is 38.0 Å². The molecule has 2 aliphatic heterocycles. The van der Waals surface area contributed by atoms with E-state index in [1.807, 2.05) is 45.9 Å². The van der Waals surface area contributed by atoms with Crippen LogP contribution in [0, 0.1) is 22.7 Å². The van der Waals surface area contributed by atoms with Crippen LogP contribution in [0.3, 0.4) is 0 Å². The molecule has 1 saturated heterocycles. The van der Waals surface area contributed by atoms with Crippen molar-refractivity contribution in [3.8, 4) is 11.6 Å². The first-order chi connectivity index (χ1) is 24.2. The lowest BCUT2D eigenvalue weighted by atomic mass is 9.77. The topological polar surface area (TPSA) is 146 Å². The first-order valence-corrected chi connectivity index (χ1v) is 20.2. The molecule has 3 heterocycles. The second-order valence-corrected chi connectivity index (χ2v) is 18.5. The Kier molecular flexibility index (Phi) is 10.6. The van der Waals surface area contributed by atoms with Gasteiger partial charge in [-0.3, -0.25) is 19.2 Å². The molecule has 0 radical (unpaired) electrons. The Balaban J connectivity index is 1.34. The molecule has 0 unspecified atom stereocenters. The van der Waals surface area contributed by atoms with Crippen molar-refractivity contribution in [3.63, 3.8) is 0 Å². The summed E-state index contributed by atoms with van der Waals surface area (Å²) in [5, 5.41) is 1.22. The normalized spacial score (nSPS) is 27.7. The van der Waals surface area contributed by atoms with Crippen LogP contribution >= 0.6 is 0 Å². The molecule has 12 heteroatoms. The molecule has 3 fully saturated rings. The standard InChI is InChI=1S/C39H52N2O9S/c1-6-26-20-39(26,34(43)23-51(46,47)28-11-12-28)21-32(42)31-18-27-22-41(31)37(45)30(38(2,3)4)19-35(44)49-15-9-7-8-10-25-16-29-24(17-33(25)48-5)13-14-40-36(29)50-27/h13-14,16-17,26-28,30-31H,6-12,15,18-23H2,1-5H3/t26-,27-,30-,31+,39-/m1/s1. The highest BCUT2D eigenvalue weighted by Gasteiger charge is 2.61. The number of benzene rings is 1. The first-order valence-electron chi connectivity index (χ1n) is 18.5. The Hall–Kier alpha value is -3.54. The average molecular weight is 725 g/mol. The number of cyclic esters (lactones) is 1. The third-order valence-corrected chi connectivity index (χ3v) is 13.7. The molecule has 0 N–H and O–H groups in total. The number of carbonyl (C=O) groups excluding carboxylic acids is 4. The Morgan fingerprint density at radius 1 is 1.12 bits per heavy atom. The molecule has 4 bridgehead atoms. The summed E-state index contributed by atoms with van der Waals surface area (Å²) in [7, 11) is -1.92. The monoisotopic (exact) mass is 724 g/mol. The number of nitrogens with zero attached hydrogens (tertiary/aromatic N) is 2. The second-order valence-electron chi connectivity index (χ2n) is 16.2. The average Bonchev–Trinajstić information content (AvgIpc) is 4.00. The fourth-order valence-corrected chi connectivity index (χ4v) is 9.87. The lowest BCUT2D eigenvalue weighted by Gasteiger charge is -2.34. The quantitative estimate of drug-likeness (QED) is 0.307. The van der Waals surface area contributed by atoms with Crippen LogP contribution < -0.4 is 9.47 Å². The summed E-state index contributed by atoms with van der Waals surface area (Å²) in [5.41, 5.74) is -0.680. The number of carbonyl (C=O) groups is 4. The van der Waals surface area contributed by atoms with Crippen molar-refractivity contribution in [2.75, 3.05) is 26.0 Å². The van der Waals surface area contributed by atoms with E-state index in [0.717, 1.165) is 41.3 Å². The smallest absolute Gasteiger partial charge is 0.306 e. The molecule has 51 heavy (non-hydrogen) atoms. The Labute approximate surface area is 301 Å². The van der Waals surface area contributed by atoms with Gasteiger partial charge >= 0.3 is 5.97 Å². The van der Waals surface area contributed by atoms with Crippen molar-refractivity contribution < 1.29 is 41.8 Å². The second kappa shape index (κ2) is 14.5. The zero-order valence-electron chi connectivity index (χ0n) is 30.6. The number of sulfone groups is 1. The number of methoxy groups -OCH3 is 1. The van der Waals surface area contributed by atoms with Gasteiger partial charge in [-0.25, -0.2) is 13.4 Å². The zero-order valence-corrected chi connectivity index (χ0v) is 31.4. The van der Waals surface area contributed by atoms with Gasteiger partial charge in [0.25, 0.3) is 0 Å². The van der Waals surface area contributed by atoms with E-state index in [-0.39, 0.29) is 50.0 Å². The molecule has 1 aromatic heterocycles. The van der Waals surface area contributed by atoms with Gasteiger partial charge in [0.2, 0.25) is 11.8 Å². The fourth-order valence-electron chi connectivity index (χ4n) is 8.13. The van der Waals surface area contributed by atoms with E-state index in [9.17, 15) is 27.6 Å². The molecule has 0 spiro atoms. The van der Waals surface area contributed by atoms with E-state index in [1.54, 1.807) is 13.3 Å². The maximum Gasteiger partial charge on any atom is 0.306 e. The van der Waals surface area contributed by atoms with Crippen LogP contribution in [0.4, 0.5) is 0 Å². The number of hydrogen-bond donors (Lipinski definition) is 0. The summed E-state index contributed by atoms with van der Waals surface area (Å²) < 4.78 is 43.6. The highest BCUT2D eigenvalue weighted by molar-refractivity contribution is 7.93. The lowest BCUT2D eigenvalue weighted by molar-refractivity contribution is -0.153. The predicted octanol–water partition coefficient (Wildman–Crippen LogP) is 5.44. The van der Waals surface area contributed by atoms with Crippen LogP contribution in [0.1, 0.15) is 97.5 Å². The third-order valence-electron chi connectivity index (χ3n) is 11.5. The van der Waals surface area contributed by atoms with Crippen molar-refractivity contribution in [2.45, 2.75) is 116 Å². The number of ketones is 2. The number of hydrogen-bond acceptors (Lipinski definition) is 10. The van der Waals surface area contributed by atoms with Crippen LogP contribution in [0.15, 0.2) is 24.4 Å². The van der Waals surface area contributed by atoms with Crippen molar-refractivity contribution in [3.05, 3.63) is 30.0 Å². The molecular formula is C39H52N2O9S. The van der Waals surface area contributed by atoms with Gasteiger partial charge in [-0.1, -0.05) is 34.1 Å². The highest BCUT2D eigenvalue weighted by Crippen LogP contribution is 2.58. The summed E-state index contributed by atoms with van der Waals surface area (Å²) in [6.07, 6.45) is 6.34. The van der Waals surface area contributed by atoms with Crippen LogP contribution in [-0.4, -0.2) is 85.2 Å². The van der Waals surface area contributed by atoms with Gasteiger partial charge in [0, 0.05) is 29.8 Å². The maximum absolute atomic E-state index is 14.5. The van der Waals surface area contributed by atoms with Crippen molar-refractivity contribution in [1.29, 1.82) is 0 Å². The number of aromatic nitrogens is 1. The Bertz CT molecular complexity index is 1800. The molecule has 1 amide bonds. The van der Waals surface area contributed by atoms with Crippen molar-refractivity contribution >= 4 is 44.1 Å². The van der Waals surface area contributed by atoms with E-state index < -0.39 is 61.5 Å². The van der Waals surface area contributed by atoms with Gasteiger partial charge in [0.15, 0.2) is 21.4 Å². The molecule has 5 atom stereocenters. The predicted molar refractivity (Wildman–Crippen MR) is 191 cm³/mol. The molecule has 2 saturated carbocycles. The molecular weight excluding hydrogens is 673 g/mol. The Morgan fingerprint density at radius 2 is 1.88 bits per heavy atom. The molecule has 278 valence electrons. The van der Waals surface area contributed by atoms with Gasteiger partial charge in [0.1, 0.15) is 17.6 Å². The third kappa shape index (κ3) is 7.95. The molecule has 1 aromatic carbocycles. The number of esters is 1. The summed E-state index contributed by atoms with van der Waals surface area (Å²) in [6, 6.07) is 4.96. The summed E-state index contributed by atoms with van der Waals surface area (Å²) in [5.74, 6) is -1.75. The van der Waals surface area contributed by atoms with E-state index in [1.165, 1.54) is 4.90 Å². The van der Waals surface area contributed by atoms with Crippen LogP contribution in [0.25, 0.3) is 10.8 Å². The van der Waals surface area contributed by atoms with Crippen molar-refractivity contribution in [2.24, 2.45) is 22.7 Å². The summed E-state index contributed by atoms with van der Waals surface area (Å²) in [6.45, 7) is 7.97. The minimum Gasteiger partial charge on any atom is -0.496 e. The number of aryl methyl sites for hydroxylation is 1. The molecule has 11 nitrogen and oxygen atoms in total. The number of amides is 1. The molecule has 2 aliphatic carbocycles. The van der Waals surface area contributed by atoms with E-state index in [4.69, 9.17) is 14.2 Å². The summed E-state index contributed by atoms with van der Waals surface area (Å²) >= 11 is 0. The largest absolute Gasteiger partial charge is 0.496 e. The van der Waals surface area contributed by atoms with E-state index in [2.05, 4.69) is 4.98 Å². The molecule has 4 aliphatic rings. The highest BCUT2D eigenvalue weighted by atomic mass is 32.2. The number of pyridine rings is 1. The minimum atomic E-state index is -3.56. The number of rotatable bonds is 9. The summed E-state index contributed by atoms with van der Waals surface area (Å²) in [4.78, 5) is 61.9. The van der Waals surface area contributed by atoms with Crippen LogP contribution in [0.5, 0.6) is 11.6 Å². The van der Waals surface area contributed by atoms with Crippen molar-refractivity contribution in [1.82, 2.24) is 9.88 Å². The van der Waals surface area contributed by atoms with Crippen LogP contribution in [0.2, 0.25) is 0 Å². The number of fused-ring (bicyclic) bond motifs is 3. The number of ether oxygens (including phenoxy) is 3. The first kappa shape index (κ1) is 37.2. The van der Waals surface area contributed by atoms with E-state index >= 15 is 0 Å². The molecule has 2 aromatic rings. The van der Waals surface area contributed by atoms with Crippen LogP contribution in [-0.2, 0) is 40.2 Å². The maximum atomic E-state index is 14.5. The van der Waals surface area contributed by atoms with Gasteiger partial charge in [-0.15, -0.1) is 0 Å². The minimum absolute atomic E-state index is 0.0894. The van der Waals surface area contributed by atoms with Gasteiger partial charge in [0.05, 0.1) is 43.9 Å². The zero-order chi connectivity index (χ0) is 36.7. The van der Waals surface area contributed by atoms with Gasteiger partial charge < -0.3 is 19.1 Å². The van der Waals surface area contributed by atoms with Gasteiger partial charge in [-0.05, 0) is 85.4 Å². The van der Waals surface area contributed by atoms with Gasteiger partial charge in [-0.2, -0.15) is 0 Å². The Morgan fingerprint density at radius 3 is 2.55 bits per heavy atom. The molecule has 6 rings (SSSR count).